The maximum absolute atomic E-state index is 12.1. The van der Waals surface area contributed by atoms with Crippen molar-refractivity contribution in [2.24, 2.45) is 0 Å². The summed E-state index contributed by atoms with van der Waals surface area (Å²) in [5, 5.41) is 8.54. The molecule has 1 aliphatic rings. The number of ether oxygens (including phenoxy) is 2. The standard InChI is InChI=1S/C13H24N2O5/c1-14(8-10-19-2)13(18)15-6-3-11(4-7-15)20-9-5-12(16)17/h11H,3-10H2,1-2H3,(H,16,17). The summed E-state index contributed by atoms with van der Waals surface area (Å²) in [6.45, 7) is 2.63. The predicted molar refractivity (Wildman–Crippen MR) is 72.7 cm³/mol. The molecule has 0 aliphatic carbocycles. The summed E-state index contributed by atoms with van der Waals surface area (Å²) in [6.07, 6.45) is 1.59. The van der Waals surface area contributed by atoms with Gasteiger partial charge in [0.25, 0.3) is 0 Å². The molecule has 0 unspecified atom stereocenters. The molecule has 1 N–H and O–H groups in total. The fourth-order valence-electron chi connectivity index (χ4n) is 2.09. The molecule has 0 aromatic rings. The maximum Gasteiger partial charge on any atom is 0.319 e. The van der Waals surface area contributed by atoms with E-state index in [0.29, 0.717) is 26.2 Å². The quantitative estimate of drug-likeness (QED) is 0.743. The summed E-state index contributed by atoms with van der Waals surface area (Å²) < 4.78 is 10.4. The van der Waals surface area contributed by atoms with E-state index in [0.717, 1.165) is 12.8 Å². The summed E-state index contributed by atoms with van der Waals surface area (Å²) in [5.74, 6) is -0.850. The lowest BCUT2D eigenvalue weighted by Gasteiger charge is -2.34. The largest absolute Gasteiger partial charge is 0.481 e. The fourth-order valence-corrected chi connectivity index (χ4v) is 2.09. The van der Waals surface area contributed by atoms with Gasteiger partial charge in [-0.1, -0.05) is 0 Å². The van der Waals surface area contributed by atoms with Gasteiger partial charge in [-0.2, -0.15) is 0 Å². The van der Waals surface area contributed by atoms with Crippen LogP contribution in [0.25, 0.3) is 0 Å². The van der Waals surface area contributed by atoms with Crippen molar-refractivity contribution in [3.8, 4) is 0 Å². The van der Waals surface area contributed by atoms with Crippen molar-refractivity contribution < 1.29 is 24.2 Å². The molecule has 0 bridgehead atoms. The number of hydrogen-bond acceptors (Lipinski definition) is 4. The predicted octanol–water partition coefficient (Wildman–Crippen LogP) is 0.640. The van der Waals surface area contributed by atoms with Gasteiger partial charge in [-0.3, -0.25) is 4.79 Å². The van der Waals surface area contributed by atoms with Gasteiger partial charge in [-0.05, 0) is 12.8 Å². The van der Waals surface area contributed by atoms with Crippen LogP contribution in [0.1, 0.15) is 19.3 Å². The molecule has 0 aromatic heterocycles. The molecule has 0 atom stereocenters. The van der Waals surface area contributed by atoms with Crippen LogP contribution in [0.2, 0.25) is 0 Å². The number of carboxylic acids is 1. The molecule has 7 heteroatoms. The molecule has 1 saturated heterocycles. The minimum Gasteiger partial charge on any atom is -0.481 e. The molecule has 2 amide bonds. The van der Waals surface area contributed by atoms with E-state index in [9.17, 15) is 9.59 Å². The second-order valence-electron chi connectivity index (χ2n) is 4.90. The number of nitrogens with zero attached hydrogens (tertiary/aromatic N) is 2. The second-order valence-corrected chi connectivity index (χ2v) is 4.90. The summed E-state index contributed by atoms with van der Waals surface area (Å²) in [5.41, 5.74) is 0. The van der Waals surface area contributed by atoms with Crippen molar-refractivity contribution in [2.45, 2.75) is 25.4 Å². The highest BCUT2D eigenvalue weighted by atomic mass is 16.5. The van der Waals surface area contributed by atoms with E-state index in [4.69, 9.17) is 14.6 Å². The van der Waals surface area contributed by atoms with E-state index in [1.807, 2.05) is 0 Å². The van der Waals surface area contributed by atoms with Crippen LogP contribution in [-0.2, 0) is 14.3 Å². The van der Waals surface area contributed by atoms with Crippen molar-refractivity contribution in [3.05, 3.63) is 0 Å². The molecule has 0 radical (unpaired) electrons. The highest BCUT2D eigenvalue weighted by molar-refractivity contribution is 5.74. The van der Waals surface area contributed by atoms with Crippen LogP contribution in [0.4, 0.5) is 4.79 Å². The zero-order valence-electron chi connectivity index (χ0n) is 12.2. The first-order valence-electron chi connectivity index (χ1n) is 6.87. The zero-order valence-corrected chi connectivity index (χ0v) is 12.2. The van der Waals surface area contributed by atoms with Gasteiger partial charge in [-0.15, -0.1) is 0 Å². The van der Waals surface area contributed by atoms with Crippen molar-refractivity contribution in [1.82, 2.24) is 9.80 Å². The molecule has 1 aliphatic heterocycles. The molecular weight excluding hydrogens is 264 g/mol. The molecule has 7 nitrogen and oxygen atoms in total. The first kappa shape index (κ1) is 16.7. The Balaban J connectivity index is 2.23. The third-order valence-electron chi connectivity index (χ3n) is 3.34. The highest BCUT2D eigenvalue weighted by Crippen LogP contribution is 2.15. The van der Waals surface area contributed by atoms with Crippen LogP contribution in [0.3, 0.4) is 0 Å². The van der Waals surface area contributed by atoms with Crippen LogP contribution in [0.5, 0.6) is 0 Å². The Morgan fingerprint density at radius 2 is 1.95 bits per heavy atom. The molecular formula is C13H24N2O5. The molecule has 0 spiro atoms. The Hall–Kier alpha value is -1.34. The number of carbonyl (C=O) groups excluding carboxylic acids is 1. The number of amides is 2. The smallest absolute Gasteiger partial charge is 0.319 e. The number of aliphatic carboxylic acids is 1. The van der Waals surface area contributed by atoms with Crippen LogP contribution >= 0.6 is 0 Å². The topological polar surface area (TPSA) is 79.3 Å². The molecule has 0 saturated carbocycles. The van der Waals surface area contributed by atoms with Crippen molar-refractivity contribution in [1.29, 1.82) is 0 Å². The van der Waals surface area contributed by atoms with Crippen molar-refractivity contribution in [2.75, 3.05) is 47.0 Å². The van der Waals surface area contributed by atoms with Crippen LogP contribution in [0.15, 0.2) is 0 Å². The lowest BCUT2D eigenvalue weighted by molar-refractivity contribution is -0.138. The van der Waals surface area contributed by atoms with Gasteiger partial charge in [-0.25, -0.2) is 4.79 Å². The summed E-state index contributed by atoms with van der Waals surface area (Å²) >= 11 is 0. The van der Waals surface area contributed by atoms with E-state index in [2.05, 4.69) is 0 Å². The highest BCUT2D eigenvalue weighted by Gasteiger charge is 2.25. The molecule has 116 valence electrons. The van der Waals surface area contributed by atoms with Gasteiger partial charge < -0.3 is 24.4 Å². The Kier molecular flexibility index (Phi) is 7.32. The monoisotopic (exact) mass is 288 g/mol. The van der Waals surface area contributed by atoms with E-state index in [1.54, 1.807) is 24.0 Å². The zero-order chi connectivity index (χ0) is 15.0. The van der Waals surface area contributed by atoms with E-state index >= 15 is 0 Å². The molecule has 1 fully saturated rings. The summed E-state index contributed by atoms with van der Waals surface area (Å²) in [6, 6.07) is 0.00559. The number of piperidine rings is 1. The average molecular weight is 288 g/mol. The van der Waals surface area contributed by atoms with Gasteiger partial charge in [0.15, 0.2) is 0 Å². The Morgan fingerprint density at radius 3 is 2.50 bits per heavy atom. The van der Waals surface area contributed by atoms with Crippen LogP contribution < -0.4 is 0 Å². The van der Waals surface area contributed by atoms with Crippen LogP contribution in [0, 0.1) is 0 Å². The minimum absolute atomic E-state index is 0.00559. The van der Waals surface area contributed by atoms with Crippen molar-refractivity contribution >= 4 is 12.0 Å². The third-order valence-corrected chi connectivity index (χ3v) is 3.34. The molecule has 1 heterocycles. The van der Waals surface area contributed by atoms with Gasteiger partial charge in [0, 0.05) is 33.8 Å². The van der Waals surface area contributed by atoms with E-state index < -0.39 is 5.97 Å². The number of hydrogen-bond donors (Lipinski definition) is 1. The van der Waals surface area contributed by atoms with E-state index in [-0.39, 0.29) is 25.2 Å². The number of carbonyl (C=O) groups is 2. The molecule has 20 heavy (non-hydrogen) atoms. The SMILES string of the molecule is COCCN(C)C(=O)N1CCC(OCCC(=O)O)CC1. The average Bonchev–Trinajstić information content (AvgIpc) is 2.44. The van der Waals surface area contributed by atoms with Gasteiger partial charge in [0.2, 0.25) is 0 Å². The number of likely N-dealkylation sites (tertiary alicyclic amines) is 1. The third kappa shape index (κ3) is 5.75. The van der Waals surface area contributed by atoms with Crippen molar-refractivity contribution in [3.63, 3.8) is 0 Å². The number of carboxylic acid groups (broad SMARTS) is 1. The Morgan fingerprint density at radius 1 is 1.30 bits per heavy atom. The number of likely N-dealkylation sites (N-methyl/N-ethyl adjacent to an activating group) is 1. The van der Waals surface area contributed by atoms with E-state index in [1.165, 1.54) is 0 Å². The normalized spacial score (nSPS) is 16.2. The maximum atomic E-state index is 12.1. The van der Waals surface area contributed by atoms with Gasteiger partial charge in [0.1, 0.15) is 0 Å². The number of methoxy groups -OCH3 is 1. The second kappa shape index (κ2) is 8.76. The summed E-state index contributed by atoms with van der Waals surface area (Å²) in [4.78, 5) is 25.9. The number of urea groups is 1. The van der Waals surface area contributed by atoms with Gasteiger partial charge in [0.05, 0.1) is 25.7 Å². The Labute approximate surface area is 119 Å². The first-order chi connectivity index (χ1) is 9.54. The van der Waals surface area contributed by atoms with Crippen LogP contribution in [-0.4, -0.2) is 80.0 Å². The molecule has 0 aromatic carbocycles. The minimum atomic E-state index is -0.850. The molecule has 1 rings (SSSR count). The lowest BCUT2D eigenvalue weighted by Crippen LogP contribution is -2.47. The first-order valence-corrected chi connectivity index (χ1v) is 6.87. The lowest BCUT2D eigenvalue weighted by atomic mass is 10.1. The van der Waals surface area contributed by atoms with Gasteiger partial charge >= 0.3 is 12.0 Å². The Bertz CT molecular complexity index is 316. The summed E-state index contributed by atoms with van der Waals surface area (Å²) in [7, 11) is 3.37. The fraction of sp³-hybridized carbons (Fsp3) is 0.846. The number of rotatable bonds is 7.